The third-order valence-corrected chi connectivity index (χ3v) is 5.42. The Labute approximate surface area is 181 Å². The third kappa shape index (κ3) is 3.37. The molecular weight excluding hydrogens is 444 g/mol. The van der Waals surface area contributed by atoms with Gasteiger partial charge in [0.15, 0.2) is 0 Å². The molecule has 0 spiro atoms. The molecule has 0 atom stereocenters. The summed E-state index contributed by atoms with van der Waals surface area (Å²) >= 11 is 3.48. The van der Waals surface area contributed by atoms with Gasteiger partial charge in [-0.2, -0.15) is 4.98 Å². The number of nitrogens with zero attached hydrogens (tertiary/aromatic N) is 3. The van der Waals surface area contributed by atoms with E-state index < -0.39 is 0 Å². The molecule has 0 amide bonds. The summed E-state index contributed by atoms with van der Waals surface area (Å²) in [6, 6.07) is 19.7. The Morgan fingerprint density at radius 3 is 2.43 bits per heavy atom. The highest BCUT2D eigenvalue weighted by molar-refractivity contribution is 9.10. The number of aromatic amines is 1. The summed E-state index contributed by atoms with van der Waals surface area (Å²) in [6.45, 7) is 1.98. The Hall–Kier alpha value is -3.45. The normalized spacial score (nSPS) is 11.2. The van der Waals surface area contributed by atoms with Crippen LogP contribution in [0.1, 0.15) is 5.56 Å². The van der Waals surface area contributed by atoms with Gasteiger partial charge in [0.1, 0.15) is 11.6 Å². The maximum Gasteiger partial charge on any atom is 0.258 e. The van der Waals surface area contributed by atoms with Crippen LogP contribution in [0.3, 0.4) is 0 Å². The van der Waals surface area contributed by atoms with Crippen molar-refractivity contribution in [1.82, 2.24) is 20.1 Å². The van der Waals surface area contributed by atoms with Crippen molar-refractivity contribution in [3.63, 3.8) is 0 Å². The summed E-state index contributed by atoms with van der Waals surface area (Å²) in [7, 11) is 1.65. The van der Waals surface area contributed by atoms with E-state index in [-0.39, 0.29) is 0 Å². The molecule has 0 bridgehead atoms. The van der Waals surface area contributed by atoms with Gasteiger partial charge >= 0.3 is 0 Å². The second-order valence-electron chi connectivity index (χ2n) is 6.93. The number of aromatic nitrogens is 4. The highest BCUT2D eigenvalue weighted by atomic mass is 79.9. The quantitative estimate of drug-likeness (QED) is 0.354. The Balaban J connectivity index is 1.42. The molecule has 7 heteroatoms. The lowest BCUT2D eigenvalue weighted by Crippen LogP contribution is -1.88. The van der Waals surface area contributed by atoms with Gasteiger partial charge in [-0.25, -0.2) is 4.98 Å². The smallest absolute Gasteiger partial charge is 0.258 e. The van der Waals surface area contributed by atoms with Crippen LogP contribution in [0.15, 0.2) is 69.7 Å². The molecule has 0 aliphatic rings. The fourth-order valence-electron chi connectivity index (χ4n) is 3.36. The van der Waals surface area contributed by atoms with Gasteiger partial charge in [0.2, 0.25) is 5.82 Å². The van der Waals surface area contributed by atoms with Crippen LogP contribution in [0.2, 0.25) is 0 Å². The van der Waals surface area contributed by atoms with E-state index in [1.165, 1.54) is 0 Å². The van der Waals surface area contributed by atoms with Gasteiger partial charge < -0.3 is 14.2 Å². The first-order valence-electron chi connectivity index (χ1n) is 9.35. The number of halogens is 1. The molecule has 6 nitrogen and oxygen atoms in total. The zero-order valence-corrected chi connectivity index (χ0v) is 17.9. The zero-order chi connectivity index (χ0) is 20.7. The summed E-state index contributed by atoms with van der Waals surface area (Å²) in [5, 5.41) is 4.14. The molecule has 0 fully saturated rings. The Morgan fingerprint density at radius 1 is 0.900 bits per heavy atom. The molecule has 2 heterocycles. The van der Waals surface area contributed by atoms with Gasteiger partial charge in [-0.3, -0.25) is 0 Å². The minimum absolute atomic E-state index is 0.475. The predicted molar refractivity (Wildman–Crippen MR) is 119 cm³/mol. The highest BCUT2D eigenvalue weighted by Crippen LogP contribution is 2.28. The van der Waals surface area contributed by atoms with E-state index in [1.807, 2.05) is 67.6 Å². The SMILES string of the molecule is COc1ccc(-c2nc(-c3ccc(-c4nc5cc(Br)ccc5[nH]4)cc3)no2)cc1C. The van der Waals surface area contributed by atoms with Crippen LogP contribution >= 0.6 is 15.9 Å². The Kier molecular flexibility index (Phi) is 4.59. The van der Waals surface area contributed by atoms with Crippen molar-refractivity contribution >= 4 is 27.0 Å². The number of nitrogens with one attached hydrogen (secondary N) is 1. The number of aryl methyl sites for hydroxylation is 1. The van der Waals surface area contributed by atoms with E-state index in [1.54, 1.807) is 7.11 Å². The molecule has 2 aromatic heterocycles. The summed E-state index contributed by atoms with van der Waals surface area (Å²) in [6.07, 6.45) is 0. The van der Waals surface area contributed by atoms with E-state index in [4.69, 9.17) is 9.26 Å². The lowest BCUT2D eigenvalue weighted by Gasteiger charge is -2.04. The van der Waals surface area contributed by atoms with Gasteiger partial charge in [-0.05, 0) is 48.9 Å². The molecule has 5 aromatic rings. The Bertz CT molecular complexity index is 1360. The number of methoxy groups -OCH3 is 1. The number of imidazole rings is 1. The molecule has 148 valence electrons. The summed E-state index contributed by atoms with van der Waals surface area (Å²) in [5.41, 5.74) is 5.64. The van der Waals surface area contributed by atoms with Gasteiger partial charge in [-0.1, -0.05) is 45.4 Å². The van der Waals surface area contributed by atoms with Crippen molar-refractivity contribution in [2.45, 2.75) is 6.92 Å². The van der Waals surface area contributed by atoms with Crippen LogP contribution in [0.5, 0.6) is 5.75 Å². The maximum absolute atomic E-state index is 5.47. The first-order valence-corrected chi connectivity index (χ1v) is 10.1. The van der Waals surface area contributed by atoms with E-state index in [9.17, 15) is 0 Å². The van der Waals surface area contributed by atoms with Crippen molar-refractivity contribution in [3.05, 3.63) is 70.7 Å². The monoisotopic (exact) mass is 460 g/mol. The summed E-state index contributed by atoms with van der Waals surface area (Å²) in [4.78, 5) is 12.6. The molecule has 0 radical (unpaired) electrons. The van der Waals surface area contributed by atoms with E-state index >= 15 is 0 Å². The van der Waals surface area contributed by atoms with Crippen LogP contribution < -0.4 is 4.74 Å². The lowest BCUT2D eigenvalue weighted by atomic mass is 10.1. The molecule has 0 saturated heterocycles. The number of ether oxygens (including phenoxy) is 1. The first-order chi connectivity index (χ1) is 14.6. The van der Waals surface area contributed by atoms with Gasteiger partial charge in [0.25, 0.3) is 5.89 Å². The van der Waals surface area contributed by atoms with Crippen LogP contribution in [0.25, 0.3) is 45.3 Å². The van der Waals surface area contributed by atoms with E-state index in [0.717, 1.165) is 49.3 Å². The molecule has 0 aliphatic heterocycles. The zero-order valence-electron chi connectivity index (χ0n) is 16.3. The molecule has 30 heavy (non-hydrogen) atoms. The second kappa shape index (κ2) is 7.42. The average Bonchev–Trinajstić information content (AvgIpc) is 3.41. The van der Waals surface area contributed by atoms with Crippen molar-refractivity contribution in [2.24, 2.45) is 0 Å². The molecule has 0 unspecified atom stereocenters. The number of benzene rings is 3. The average molecular weight is 461 g/mol. The Morgan fingerprint density at radius 2 is 1.67 bits per heavy atom. The largest absolute Gasteiger partial charge is 0.496 e. The fraction of sp³-hybridized carbons (Fsp3) is 0.0870. The number of fused-ring (bicyclic) bond motifs is 1. The first kappa shape index (κ1) is 18.6. The molecule has 1 N–H and O–H groups in total. The molecule has 5 rings (SSSR count). The van der Waals surface area contributed by atoms with Gasteiger partial charge in [-0.15, -0.1) is 0 Å². The number of rotatable bonds is 4. The summed E-state index contributed by atoms with van der Waals surface area (Å²) in [5.74, 6) is 2.66. The van der Waals surface area contributed by atoms with Crippen LogP contribution in [0.4, 0.5) is 0 Å². The fourth-order valence-corrected chi connectivity index (χ4v) is 3.71. The van der Waals surface area contributed by atoms with E-state index in [0.29, 0.717) is 11.7 Å². The molecular formula is C23H17BrN4O2. The molecule has 0 aliphatic carbocycles. The molecule has 3 aromatic carbocycles. The van der Waals surface area contributed by atoms with Crippen molar-refractivity contribution in [3.8, 4) is 40.0 Å². The van der Waals surface area contributed by atoms with Crippen LogP contribution in [-0.2, 0) is 0 Å². The highest BCUT2D eigenvalue weighted by Gasteiger charge is 2.13. The van der Waals surface area contributed by atoms with Crippen molar-refractivity contribution in [1.29, 1.82) is 0 Å². The molecule has 0 saturated carbocycles. The van der Waals surface area contributed by atoms with Gasteiger partial charge in [0, 0.05) is 21.2 Å². The number of hydrogen-bond donors (Lipinski definition) is 1. The second-order valence-corrected chi connectivity index (χ2v) is 7.85. The standard InChI is InChI=1S/C23H17BrN4O2/c1-13-11-16(7-10-20(13)29-2)23-27-22(28-30-23)15-5-3-14(4-6-15)21-25-18-9-8-17(24)12-19(18)26-21/h3-12H,1-2H3,(H,25,26). The van der Waals surface area contributed by atoms with Crippen LogP contribution in [-0.4, -0.2) is 27.2 Å². The topological polar surface area (TPSA) is 76.8 Å². The maximum atomic E-state index is 5.47. The van der Waals surface area contributed by atoms with Crippen molar-refractivity contribution in [2.75, 3.05) is 7.11 Å². The van der Waals surface area contributed by atoms with Gasteiger partial charge in [0.05, 0.1) is 18.1 Å². The minimum atomic E-state index is 0.475. The lowest BCUT2D eigenvalue weighted by molar-refractivity contribution is 0.411. The van der Waals surface area contributed by atoms with Crippen molar-refractivity contribution < 1.29 is 9.26 Å². The number of hydrogen-bond acceptors (Lipinski definition) is 5. The third-order valence-electron chi connectivity index (χ3n) is 4.93. The minimum Gasteiger partial charge on any atom is -0.496 e. The predicted octanol–water partition coefficient (Wildman–Crippen LogP) is 6.03. The van der Waals surface area contributed by atoms with E-state index in [2.05, 4.69) is 36.0 Å². The summed E-state index contributed by atoms with van der Waals surface area (Å²) < 4.78 is 11.8. The number of H-pyrrole nitrogens is 1. The van der Waals surface area contributed by atoms with Crippen LogP contribution in [0, 0.1) is 6.92 Å².